The van der Waals surface area contributed by atoms with E-state index in [2.05, 4.69) is 0 Å². The molecule has 2 aromatic carbocycles. The summed E-state index contributed by atoms with van der Waals surface area (Å²) in [5.41, 5.74) is -0.284. The van der Waals surface area contributed by atoms with Gasteiger partial charge in [0.1, 0.15) is 11.5 Å². The maximum atomic E-state index is 11.9. The van der Waals surface area contributed by atoms with Crippen LogP contribution in [0, 0.1) is 20.2 Å². The van der Waals surface area contributed by atoms with Crippen LogP contribution in [0.5, 0.6) is 11.5 Å². The number of nitro benzene ring substituents is 2. The van der Waals surface area contributed by atoms with E-state index in [4.69, 9.17) is 9.47 Å². The van der Waals surface area contributed by atoms with Gasteiger partial charge >= 0.3 is 0 Å². The lowest BCUT2D eigenvalue weighted by atomic mass is 10.3. The molecule has 2 rings (SSSR count). The summed E-state index contributed by atoms with van der Waals surface area (Å²) < 4.78 is 33.9. The minimum absolute atomic E-state index is 0.142. The van der Waals surface area contributed by atoms with Crippen molar-refractivity contribution >= 4 is 21.2 Å². The molecule has 132 valence electrons. The summed E-state index contributed by atoms with van der Waals surface area (Å²) >= 11 is 0. The highest BCUT2D eigenvalue weighted by Gasteiger charge is 2.14. The van der Waals surface area contributed by atoms with Gasteiger partial charge in [-0.15, -0.1) is 0 Å². The fraction of sp³-hybridized carbons (Fsp3) is 0.143. The maximum absolute atomic E-state index is 11.9. The number of ether oxygens (including phenoxy) is 2. The van der Waals surface area contributed by atoms with Gasteiger partial charge in [-0.25, -0.2) is 8.42 Å². The molecule has 0 spiro atoms. The average molecular weight is 368 g/mol. The van der Waals surface area contributed by atoms with Gasteiger partial charge in [-0.2, -0.15) is 0 Å². The van der Waals surface area contributed by atoms with Crippen molar-refractivity contribution in [3.05, 3.63) is 68.8 Å². The second kappa shape index (κ2) is 7.57. The monoisotopic (exact) mass is 368 g/mol. The third-order valence-electron chi connectivity index (χ3n) is 2.91. The maximum Gasteiger partial charge on any atom is 0.269 e. The molecular formula is C14H12N2O8S. The van der Waals surface area contributed by atoms with Crippen molar-refractivity contribution in [3.8, 4) is 11.5 Å². The molecule has 11 heteroatoms. The zero-order chi connectivity index (χ0) is 18.4. The summed E-state index contributed by atoms with van der Waals surface area (Å²) in [5, 5.41) is 21.0. The highest BCUT2D eigenvalue weighted by molar-refractivity contribution is 7.91. The SMILES string of the molecule is O=[N+]([O-])c1ccc(OCS(=O)(=O)COc2ccc([N+](=O)[O-])cc2)cc1. The van der Waals surface area contributed by atoms with Gasteiger partial charge in [0, 0.05) is 24.3 Å². The Bertz CT molecular complexity index is 795. The van der Waals surface area contributed by atoms with Crippen molar-refractivity contribution in [2.45, 2.75) is 0 Å². The number of nitro groups is 2. The van der Waals surface area contributed by atoms with Gasteiger partial charge < -0.3 is 9.47 Å². The Morgan fingerprint density at radius 3 is 1.32 bits per heavy atom. The standard InChI is InChI=1S/C14H12N2O8S/c17-15(18)11-1-5-13(6-2-11)23-9-25(21,22)10-24-14-7-3-12(4-8-14)16(19)20/h1-8H,9-10H2. The Hall–Kier alpha value is -3.21. The number of sulfone groups is 1. The van der Waals surface area contributed by atoms with Crippen LogP contribution >= 0.6 is 0 Å². The van der Waals surface area contributed by atoms with Crippen molar-refractivity contribution in [3.63, 3.8) is 0 Å². The molecule has 0 saturated heterocycles. The molecule has 2 aromatic rings. The van der Waals surface area contributed by atoms with Crippen LogP contribution in [0.4, 0.5) is 11.4 Å². The summed E-state index contributed by atoms with van der Waals surface area (Å²) in [6.07, 6.45) is 0. The highest BCUT2D eigenvalue weighted by atomic mass is 32.2. The van der Waals surface area contributed by atoms with Crippen molar-refractivity contribution in [2.75, 3.05) is 11.9 Å². The molecule has 10 nitrogen and oxygen atoms in total. The summed E-state index contributed by atoms with van der Waals surface area (Å²) in [4.78, 5) is 19.9. The van der Waals surface area contributed by atoms with Gasteiger partial charge in [-0.1, -0.05) is 0 Å². The van der Waals surface area contributed by atoms with E-state index in [1.165, 1.54) is 48.5 Å². The number of hydrogen-bond donors (Lipinski definition) is 0. The zero-order valence-corrected chi connectivity index (χ0v) is 13.4. The van der Waals surface area contributed by atoms with Gasteiger partial charge in [-0.3, -0.25) is 20.2 Å². The molecule has 0 amide bonds. The smallest absolute Gasteiger partial charge is 0.269 e. The summed E-state index contributed by atoms with van der Waals surface area (Å²) in [6, 6.07) is 9.89. The first-order valence-corrected chi connectivity index (χ1v) is 8.54. The molecule has 0 radical (unpaired) electrons. The molecule has 0 fully saturated rings. The lowest BCUT2D eigenvalue weighted by Gasteiger charge is -2.09. The van der Waals surface area contributed by atoms with Gasteiger partial charge in [0.25, 0.3) is 11.4 Å². The molecule has 25 heavy (non-hydrogen) atoms. The van der Waals surface area contributed by atoms with E-state index in [1.807, 2.05) is 0 Å². The third-order valence-corrected chi connectivity index (χ3v) is 3.86. The second-order valence-corrected chi connectivity index (χ2v) is 6.73. The van der Waals surface area contributed by atoms with E-state index in [9.17, 15) is 28.6 Å². The zero-order valence-electron chi connectivity index (χ0n) is 12.6. The molecule has 0 aliphatic rings. The average Bonchev–Trinajstić information content (AvgIpc) is 2.59. The molecule has 0 unspecified atom stereocenters. The highest BCUT2D eigenvalue weighted by Crippen LogP contribution is 2.19. The number of benzene rings is 2. The van der Waals surface area contributed by atoms with Crippen LogP contribution in [0.2, 0.25) is 0 Å². The minimum atomic E-state index is -3.74. The molecule has 0 bridgehead atoms. The number of rotatable bonds is 8. The van der Waals surface area contributed by atoms with Gasteiger partial charge in [0.2, 0.25) is 9.84 Å². The van der Waals surface area contributed by atoms with Crippen LogP contribution in [-0.4, -0.2) is 30.1 Å². The van der Waals surface area contributed by atoms with E-state index in [-0.39, 0.29) is 22.9 Å². The third kappa shape index (κ3) is 5.42. The van der Waals surface area contributed by atoms with E-state index < -0.39 is 31.6 Å². The first-order valence-electron chi connectivity index (χ1n) is 6.72. The minimum Gasteiger partial charge on any atom is -0.478 e. The first kappa shape index (κ1) is 18.1. The molecule has 0 heterocycles. The van der Waals surface area contributed by atoms with E-state index in [0.29, 0.717) is 0 Å². The first-order chi connectivity index (χ1) is 11.8. The van der Waals surface area contributed by atoms with Crippen LogP contribution < -0.4 is 9.47 Å². The number of hydrogen-bond acceptors (Lipinski definition) is 8. The molecule has 0 aromatic heterocycles. The van der Waals surface area contributed by atoms with Crippen LogP contribution in [0.25, 0.3) is 0 Å². The van der Waals surface area contributed by atoms with Gasteiger partial charge in [0.05, 0.1) is 9.85 Å². The molecular weight excluding hydrogens is 356 g/mol. The molecule has 0 aliphatic heterocycles. The summed E-state index contributed by atoms with van der Waals surface area (Å²) in [5.74, 6) is -1.05. The Kier molecular flexibility index (Phi) is 5.49. The fourth-order valence-corrected chi connectivity index (χ4v) is 2.38. The predicted octanol–water partition coefficient (Wildman–Crippen LogP) is 2.29. The normalized spacial score (nSPS) is 10.9. The van der Waals surface area contributed by atoms with Crippen LogP contribution in [0.15, 0.2) is 48.5 Å². The number of non-ortho nitro benzene ring substituents is 2. The Balaban J connectivity index is 1.88. The van der Waals surface area contributed by atoms with Crippen LogP contribution in [-0.2, 0) is 9.84 Å². The van der Waals surface area contributed by atoms with Crippen LogP contribution in [0.3, 0.4) is 0 Å². The molecule has 0 N–H and O–H groups in total. The molecule has 0 saturated carbocycles. The Labute approximate surface area is 141 Å². The summed E-state index contributed by atoms with van der Waals surface area (Å²) in [7, 11) is -3.74. The molecule has 0 aliphatic carbocycles. The summed E-state index contributed by atoms with van der Waals surface area (Å²) in [6.45, 7) is 0. The van der Waals surface area contributed by atoms with E-state index >= 15 is 0 Å². The van der Waals surface area contributed by atoms with Crippen molar-refractivity contribution < 1.29 is 27.7 Å². The predicted molar refractivity (Wildman–Crippen MR) is 86.1 cm³/mol. The van der Waals surface area contributed by atoms with E-state index in [1.54, 1.807) is 0 Å². The largest absolute Gasteiger partial charge is 0.478 e. The lowest BCUT2D eigenvalue weighted by Crippen LogP contribution is -2.19. The molecule has 0 atom stereocenters. The van der Waals surface area contributed by atoms with Crippen LogP contribution in [0.1, 0.15) is 0 Å². The quantitative estimate of drug-likeness (QED) is 0.511. The Morgan fingerprint density at radius 2 is 1.04 bits per heavy atom. The topological polar surface area (TPSA) is 139 Å². The van der Waals surface area contributed by atoms with Gasteiger partial charge in [0.15, 0.2) is 11.9 Å². The fourth-order valence-electron chi connectivity index (χ4n) is 1.68. The van der Waals surface area contributed by atoms with Crippen molar-refractivity contribution in [1.82, 2.24) is 0 Å². The number of nitrogens with zero attached hydrogens (tertiary/aromatic N) is 2. The van der Waals surface area contributed by atoms with E-state index in [0.717, 1.165) is 0 Å². The van der Waals surface area contributed by atoms with Crippen molar-refractivity contribution in [2.24, 2.45) is 0 Å². The van der Waals surface area contributed by atoms with Gasteiger partial charge in [-0.05, 0) is 24.3 Å². The second-order valence-electron chi connectivity index (χ2n) is 4.77. The lowest BCUT2D eigenvalue weighted by molar-refractivity contribution is -0.385. The van der Waals surface area contributed by atoms with Crippen molar-refractivity contribution in [1.29, 1.82) is 0 Å². The Morgan fingerprint density at radius 1 is 0.720 bits per heavy atom.